The molecule has 0 aliphatic carbocycles. The molecule has 0 radical (unpaired) electrons. The molecule has 3 amide bonds. The summed E-state index contributed by atoms with van der Waals surface area (Å²) in [4.78, 5) is 37.4. The molecule has 160 valence electrons. The Morgan fingerprint density at radius 2 is 1.90 bits per heavy atom. The third-order valence-electron chi connectivity index (χ3n) is 5.81. The second-order valence-electron chi connectivity index (χ2n) is 7.36. The highest BCUT2D eigenvalue weighted by Gasteiger charge is 2.55. The van der Waals surface area contributed by atoms with E-state index in [1.165, 1.54) is 16.9 Å². The van der Waals surface area contributed by atoms with E-state index < -0.39 is 12.2 Å². The number of carbonyl (C=O) groups excluding carboxylic acids is 2. The number of carbonyl (C=O) groups is 2. The second kappa shape index (κ2) is 7.48. The Labute approximate surface area is 180 Å². The molecule has 0 saturated carbocycles. The lowest BCUT2D eigenvalue weighted by Crippen LogP contribution is -2.65. The maximum atomic E-state index is 13.3. The lowest BCUT2D eigenvalue weighted by Gasteiger charge is -2.40. The minimum absolute atomic E-state index is 0.199. The first kappa shape index (κ1) is 20.5. The number of hydrogen-bond acceptors (Lipinski definition) is 7. The minimum atomic E-state index is -0.617. The standard InChI is InChI=1S/C20H24ClN5O4/c1-11-12(2)26-16-17(23(3)20(28)24(18(16)27)8-9-29-4)22-19(26)25(11)13-6-7-15(30-5)14(21)10-13/h6-7,10,16-17H,8-9H2,1-5H3. The Kier molecular flexibility index (Phi) is 5.11. The number of rotatable bonds is 5. The van der Waals surface area contributed by atoms with Crippen molar-refractivity contribution >= 4 is 35.2 Å². The molecule has 3 aliphatic rings. The lowest BCUT2D eigenvalue weighted by molar-refractivity contribution is -0.137. The van der Waals surface area contributed by atoms with Crippen LogP contribution in [0.3, 0.4) is 0 Å². The first-order valence-electron chi connectivity index (χ1n) is 9.57. The lowest BCUT2D eigenvalue weighted by atomic mass is 10.1. The van der Waals surface area contributed by atoms with Crippen molar-refractivity contribution in [3.05, 3.63) is 34.6 Å². The van der Waals surface area contributed by atoms with Crippen molar-refractivity contribution in [2.45, 2.75) is 26.1 Å². The van der Waals surface area contributed by atoms with Crippen molar-refractivity contribution in [3.63, 3.8) is 0 Å². The molecule has 0 N–H and O–H groups in total. The van der Waals surface area contributed by atoms with E-state index in [0.29, 0.717) is 16.7 Å². The highest BCUT2D eigenvalue weighted by molar-refractivity contribution is 6.32. The van der Waals surface area contributed by atoms with Gasteiger partial charge in [0.1, 0.15) is 5.75 Å². The van der Waals surface area contributed by atoms with E-state index in [4.69, 9.17) is 26.1 Å². The number of guanidine groups is 1. The molecule has 30 heavy (non-hydrogen) atoms. The van der Waals surface area contributed by atoms with E-state index in [1.807, 2.05) is 29.7 Å². The highest BCUT2D eigenvalue weighted by Crippen LogP contribution is 2.41. The predicted molar refractivity (Wildman–Crippen MR) is 112 cm³/mol. The number of urea groups is 1. The van der Waals surface area contributed by atoms with E-state index >= 15 is 0 Å². The quantitative estimate of drug-likeness (QED) is 0.709. The summed E-state index contributed by atoms with van der Waals surface area (Å²) in [6.45, 7) is 4.39. The molecule has 9 nitrogen and oxygen atoms in total. The number of nitrogens with zero attached hydrogens (tertiary/aromatic N) is 5. The van der Waals surface area contributed by atoms with Gasteiger partial charge in [-0.3, -0.25) is 19.5 Å². The summed E-state index contributed by atoms with van der Waals surface area (Å²) in [5, 5.41) is 0.476. The summed E-state index contributed by atoms with van der Waals surface area (Å²) in [5.74, 6) is 0.898. The molecular weight excluding hydrogens is 410 g/mol. The third kappa shape index (κ3) is 2.84. The zero-order valence-corrected chi connectivity index (χ0v) is 18.3. The summed E-state index contributed by atoms with van der Waals surface area (Å²) < 4.78 is 10.3. The van der Waals surface area contributed by atoms with E-state index in [0.717, 1.165) is 17.1 Å². The van der Waals surface area contributed by atoms with Gasteiger partial charge in [-0.05, 0) is 32.0 Å². The maximum Gasteiger partial charge on any atom is 0.328 e. The second-order valence-corrected chi connectivity index (χ2v) is 7.77. The van der Waals surface area contributed by atoms with Crippen LogP contribution in [0, 0.1) is 0 Å². The van der Waals surface area contributed by atoms with Crippen molar-refractivity contribution < 1.29 is 19.1 Å². The average Bonchev–Trinajstić information content (AvgIpc) is 3.22. The van der Waals surface area contributed by atoms with Crippen molar-refractivity contribution in [3.8, 4) is 5.75 Å². The fraction of sp³-hybridized carbons (Fsp3) is 0.450. The van der Waals surface area contributed by atoms with Gasteiger partial charge < -0.3 is 14.4 Å². The first-order chi connectivity index (χ1) is 14.3. The Morgan fingerprint density at radius 3 is 2.53 bits per heavy atom. The Hall–Kier alpha value is -2.78. The van der Waals surface area contributed by atoms with Gasteiger partial charge in [0.25, 0.3) is 5.91 Å². The SMILES string of the molecule is COCCN1C(=O)C2C(N=C3N(c4ccc(OC)c(Cl)c4)C(C)=C(C)N32)N(C)C1=O. The molecular formula is C20H24ClN5O4. The van der Waals surface area contributed by atoms with Crippen molar-refractivity contribution in [1.82, 2.24) is 14.7 Å². The molecule has 10 heteroatoms. The topological polar surface area (TPSA) is 77.9 Å². The smallest absolute Gasteiger partial charge is 0.328 e. The molecule has 2 atom stereocenters. The van der Waals surface area contributed by atoms with Crippen LogP contribution in [-0.2, 0) is 9.53 Å². The number of allylic oxidation sites excluding steroid dienone is 2. The van der Waals surface area contributed by atoms with Crippen molar-refractivity contribution in [2.24, 2.45) is 4.99 Å². The number of aliphatic imine (C=N–C) groups is 1. The predicted octanol–water partition coefficient (Wildman–Crippen LogP) is 2.33. The van der Waals surface area contributed by atoms with E-state index in [9.17, 15) is 9.59 Å². The van der Waals surface area contributed by atoms with Gasteiger partial charge in [-0.15, -0.1) is 0 Å². The number of ether oxygens (including phenoxy) is 2. The number of halogens is 1. The highest BCUT2D eigenvalue weighted by atomic mass is 35.5. The van der Waals surface area contributed by atoms with E-state index in [-0.39, 0.29) is 25.1 Å². The van der Waals surface area contributed by atoms with Crippen LogP contribution in [0.2, 0.25) is 5.02 Å². The van der Waals surface area contributed by atoms with E-state index in [2.05, 4.69) is 0 Å². The fourth-order valence-electron chi connectivity index (χ4n) is 4.10. The molecule has 2 unspecified atom stereocenters. The van der Waals surface area contributed by atoms with E-state index in [1.54, 1.807) is 26.3 Å². The summed E-state index contributed by atoms with van der Waals surface area (Å²) in [6.07, 6.45) is -0.599. The molecule has 4 rings (SSSR count). The van der Waals surface area contributed by atoms with Gasteiger partial charge in [0, 0.05) is 25.6 Å². The van der Waals surface area contributed by atoms with Gasteiger partial charge in [0.15, 0.2) is 12.2 Å². The minimum Gasteiger partial charge on any atom is -0.495 e. The van der Waals surface area contributed by atoms with Gasteiger partial charge in [-0.1, -0.05) is 11.6 Å². The van der Waals surface area contributed by atoms with Gasteiger partial charge in [0.05, 0.1) is 31.0 Å². The summed E-state index contributed by atoms with van der Waals surface area (Å²) >= 11 is 6.34. The molecule has 1 aromatic rings. The van der Waals surface area contributed by atoms with Gasteiger partial charge >= 0.3 is 6.03 Å². The average molecular weight is 434 g/mol. The fourth-order valence-corrected chi connectivity index (χ4v) is 4.36. The summed E-state index contributed by atoms with van der Waals surface area (Å²) in [5.41, 5.74) is 2.63. The van der Waals surface area contributed by atoms with Gasteiger partial charge in [-0.2, -0.15) is 0 Å². The largest absolute Gasteiger partial charge is 0.495 e. The van der Waals surface area contributed by atoms with Crippen LogP contribution in [0.5, 0.6) is 5.75 Å². The Balaban J connectivity index is 1.74. The van der Waals surface area contributed by atoms with Crippen LogP contribution in [0.25, 0.3) is 0 Å². The number of imide groups is 1. The zero-order valence-electron chi connectivity index (χ0n) is 17.5. The number of benzene rings is 1. The number of hydrogen-bond donors (Lipinski definition) is 0. The van der Waals surface area contributed by atoms with Gasteiger partial charge in [0.2, 0.25) is 5.96 Å². The normalized spacial score (nSPS) is 23.3. The first-order valence-corrected chi connectivity index (χ1v) is 9.95. The number of likely N-dealkylation sites (N-methyl/N-ethyl adjacent to an activating group) is 1. The third-order valence-corrected chi connectivity index (χ3v) is 6.10. The zero-order chi connectivity index (χ0) is 21.7. The number of anilines is 1. The molecule has 0 aromatic heterocycles. The van der Waals surface area contributed by atoms with Crippen molar-refractivity contribution in [2.75, 3.05) is 39.3 Å². The molecule has 3 heterocycles. The van der Waals surface area contributed by atoms with Crippen LogP contribution >= 0.6 is 11.6 Å². The molecule has 3 aliphatic heterocycles. The molecule has 1 saturated heterocycles. The number of amides is 3. The summed E-state index contributed by atoms with van der Waals surface area (Å²) in [7, 11) is 4.77. The Morgan fingerprint density at radius 1 is 1.17 bits per heavy atom. The number of fused-ring (bicyclic) bond motifs is 3. The molecule has 1 aromatic carbocycles. The molecule has 1 fully saturated rings. The van der Waals surface area contributed by atoms with Crippen LogP contribution in [0.4, 0.5) is 10.5 Å². The number of methoxy groups -OCH3 is 2. The molecule has 0 bridgehead atoms. The maximum absolute atomic E-state index is 13.3. The monoisotopic (exact) mass is 433 g/mol. The summed E-state index contributed by atoms with van der Waals surface area (Å²) in [6, 6.07) is 4.48. The van der Waals surface area contributed by atoms with Crippen LogP contribution in [0.15, 0.2) is 34.6 Å². The van der Waals surface area contributed by atoms with Crippen LogP contribution in [-0.4, -0.2) is 79.2 Å². The van der Waals surface area contributed by atoms with Gasteiger partial charge in [-0.25, -0.2) is 9.79 Å². The Bertz CT molecular complexity index is 978. The van der Waals surface area contributed by atoms with Crippen LogP contribution in [0.1, 0.15) is 13.8 Å². The molecule has 0 spiro atoms. The van der Waals surface area contributed by atoms with Crippen molar-refractivity contribution in [1.29, 1.82) is 0 Å². The van der Waals surface area contributed by atoms with Crippen LogP contribution < -0.4 is 9.64 Å².